The van der Waals surface area contributed by atoms with Crippen molar-refractivity contribution in [3.05, 3.63) is 60.7 Å². The molecule has 0 radical (unpaired) electrons. The number of hydrogen-bond acceptors (Lipinski definition) is 4. The third-order valence-electron chi connectivity index (χ3n) is 7.13. The Morgan fingerprint density at radius 2 is 1.46 bits per heavy atom. The molecule has 6 heteroatoms. The molecule has 0 aromatic heterocycles. The van der Waals surface area contributed by atoms with E-state index < -0.39 is 19.6 Å². The summed E-state index contributed by atoms with van der Waals surface area (Å²) in [6.45, 7) is 17.0. The van der Waals surface area contributed by atoms with Crippen LogP contribution in [0.1, 0.15) is 61.8 Å². The maximum Gasteiger partial charge on any atom is 0.412 e. The van der Waals surface area contributed by atoms with E-state index in [1.165, 1.54) is 10.4 Å². The van der Waals surface area contributed by atoms with Crippen LogP contribution < -0.4 is 10.4 Å². The molecule has 1 saturated heterocycles. The lowest BCUT2D eigenvalue weighted by molar-refractivity contribution is -0.0634. The molecule has 1 amide bonds. The molecule has 2 fully saturated rings. The maximum absolute atomic E-state index is 13.2. The number of nitrogens with zero attached hydrogens (tertiary/aromatic N) is 1. The highest BCUT2D eigenvalue weighted by Crippen LogP contribution is 2.48. The first-order chi connectivity index (χ1) is 16.3. The van der Waals surface area contributed by atoms with Crippen molar-refractivity contribution in [3.8, 4) is 0 Å². The van der Waals surface area contributed by atoms with Crippen LogP contribution in [0, 0.1) is 5.92 Å². The molecule has 1 aliphatic heterocycles. The highest BCUT2D eigenvalue weighted by Gasteiger charge is 2.60. The smallest absolute Gasteiger partial charge is 0.412 e. The molecule has 1 saturated carbocycles. The van der Waals surface area contributed by atoms with E-state index in [1.54, 1.807) is 4.90 Å². The number of benzene rings is 2. The summed E-state index contributed by atoms with van der Waals surface area (Å²) in [7, 11) is -2.64. The van der Waals surface area contributed by atoms with E-state index in [4.69, 9.17) is 13.9 Å². The van der Waals surface area contributed by atoms with Crippen molar-refractivity contribution >= 4 is 24.8 Å². The Balaban J connectivity index is 1.66. The Morgan fingerprint density at radius 3 is 1.91 bits per heavy atom. The third-order valence-corrected chi connectivity index (χ3v) is 12.2. The fourth-order valence-corrected chi connectivity index (χ4v) is 10.2. The molecule has 190 valence electrons. The molecule has 1 heterocycles. The Bertz CT molecular complexity index is 987. The average molecular weight is 496 g/mol. The summed E-state index contributed by atoms with van der Waals surface area (Å²) in [6.07, 6.45) is 0.656. The van der Waals surface area contributed by atoms with E-state index in [9.17, 15) is 4.79 Å². The summed E-state index contributed by atoms with van der Waals surface area (Å²) in [4.78, 5) is 15.0. The van der Waals surface area contributed by atoms with Gasteiger partial charge in [0.1, 0.15) is 11.3 Å². The van der Waals surface area contributed by atoms with Crippen LogP contribution in [0.25, 0.3) is 0 Å². The minimum absolute atomic E-state index is 0.0636. The quantitative estimate of drug-likeness (QED) is 0.527. The molecule has 2 unspecified atom stereocenters. The zero-order chi connectivity index (χ0) is 25.6. The first kappa shape index (κ1) is 25.9. The number of amides is 1. The fourth-order valence-electron chi connectivity index (χ4n) is 5.46. The second kappa shape index (κ2) is 9.06. The molecule has 0 spiro atoms. The molecular formula is C29H41NO4Si. The second-order valence-corrected chi connectivity index (χ2v) is 16.6. The Hall–Kier alpha value is -2.15. The zero-order valence-electron chi connectivity index (χ0n) is 22.5. The molecule has 35 heavy (non-hydrogen) atoms. The van der Waals surface area contributed by atoms with E-state index >= 15 is 0 Å². The number of hydrogen-bond donors (Lipinski definition) is 0. The van der Waals surface area contributed by atoms with Gasteiger partial charge in [-0.25, -0.2) is 4.79 Å². The summed E-state index contributed by atoms with van der Waals surface area (Å²) in [5.74, 6) is 0.214. The summed E-state index contributed by atoms with van der Waals surface area (Å²) in [5.41, 5.74) is -1.27. The normalized spacial score (nSPS) is 24.3. The summed E-state index contributed by atoms with van der Waals surface area (Å²) < 4.78 is 19.2. The third kappa shape index (κ3) is 5.06. The Labute approximate surface area is 211 Å². The maximum atomic E-state index is 13.2. The lowest BCUT2D eigenvalue weighted by Crippen LogP contribution is -2.67. The van der Waals surface area contributed by atoms with Crippen LogP contribution in [0.15, 0.2) is 60.7 Å². The van der Waals surface area contributed by atoms with Crippen molar-refractivity contribution in [2.75, 3.05) is 6.61 Å². The Morgan fingerprint density at radius 1 is 0.943 bits per heavy atom. The first-order valence-corrected chi connectivity index (χ1v) is 14.6. The number of ether oxygens (including phenoxy) is 2. The van der Waals surface area contributed by atoms with Crippen molar-refractivity contribution in [2.45, 2.75) is 90.3 Å². The fraction of sp³-hybridized carbons (Fsp3) is 0.552. The minimum atomic E-state index is -2.64. The molecular weight excluding hydrogens is 454 g/mol. The second-order valence-electron chi connectivity index (χ2n) is 12.4. The van der Waals surface area contributed by atoms with Gasteiger partial charge in [-0.15, -0.1) is 0 Å². The van der Waals surface area contributed by atoms with Crippen molar-refractivity contribution in [1.29, 1.82) is 0 Å². The van der Waals surface area contributed by atoms with E-state index in [1.807, 2.05) is 34.6 Å². The number of rotatable bonds is 5. The first-order valence-electron chi connectivity index (χ1n) is 12.7. The highest BCUT2D eigenvalue weighted by atomic mass is 28.4. The van der Waals surface area contributed by atoms with Crippen LogP contribution >= 0.6 is 0 Å². The van der Waals surface area contributed by atoms with Gasteiger partial charge in [-0.1, -0.05) is 81.4 Å². The molecule has 0 bridgehead atoms. The van der Waals surface area contributed by atoms with E-state index in [-0.39, 0.29) is 29.2 Å². The van der Waals surface area contributed by atoms with Crippen LogP contribution in [-0.4, -0.2) is 49.4 Å². The van der Waals surface area contributed by atoms with Gasteiger partial charge in [0.15, 0.2) is 0 Å². The van der Waals surface area contributed by atoms with Gasteiger partial charge in [0, 0.05) is 5.92 Å². The lowest BCUT2D eigenvalue weighted by atomic mass is 10.1. The van der Waals surface area contributed by atoms with Crippen molar-refractivity contribution < 1.29 is 18.7 Å². The van der Waals surface area contributed by atoms with Crippen LogP contribution in [-0.2, 0) is 13.9 Å². The number of carbonyl (C=O) groups is 1. The predicted molar refractivity (Wildman–Crippen MR) is 142 cm³/mol. The molecule has 2 aromatic rings. The lowest BCUT2D eigenvalue weighted by Gasteiger charge is -2.43. The largest absolute Gasteiger partial charge is 0.444 e. The molecule has 2 aliphatic rings. The zero-order valence-corrected chi connectivity index (χ0v) is 23.5. The summed E-state index contributed by atoms with van der Waals surface area (Å²) in [6, 6.07) is 21.4. The van der Waals surface area contributed by atoms with E-state index in [2.05, 4.69) is 81.4 Å². The van der Waals surface area contributed by atoms with Gasteiger partial charge in [0.2, 0.25) is 0 Å². The molecule has 2 aromatic carbocycles. The molecule has 1 aliphatic carbocycles. The van der Waals surface area contributed by atoms with Crippen molar-refractivity contribution in [3.63, 3.8) is 0 Å². The van der Waals surface area contributed by atoms with E-state index in [0.29, 0.717) is 6.61 Å². The van der Waals surface area contributed by atoms with Gasteiger partial charge in [-0.2, -0.15) is 0 Å². The molecule has 3 atom stereocenters. The van der Waals surface area contributed by atoms with Gasteiger partial charge in [-0.05, 0) is 56.5 Å². The van der Waals surface area contributed by atoms with Crippen LogP contribution in [0.4, 0.5) is 4.79 Å². The van der Waals surface area contributed by atoms with Crippen LogP contribution in [0.5, 0.6) is 0 Å². The van der Waals surface area contributed by atoms with Gasteiger partial charge < -0.3 is 13.9 Å². The van der Waals surface area contributed by atoms with Crippen molar-refractivity contribution in [2.24, 2.45) is 5.92 Å². The molecule has 0 N–H and O–H groups in total. The average Bonchev–Trinajstić information content (AvgIpc) is 3.44. The number of carbonyl (C=O) groups excluding carboxylic acids is 1. The SMILES string of the molecule is CC(C)(C)OC(=O)N1[C@H](C2CC2O[Si](c2ccccc2)(c2ccccc2)C(C)(C)C)COC1(C)C. The topological polar surface area (TPSA) is 48.0 Å². The van der Waals surface area contributed by atoms with Crippen LogP contribution in [0.3, 0.4) is 0 Å². The highest BCUT2D eigenvalue weighted by molar-refractivity contribution is 6.99. The summed E-state index contributed by atoms with van der Waals surface area (Å²) >= 11 is 0. The Kier molecular flexibility index (Phi) is 6.71. The predicted octanol–water partition coefficient (Wildman–Crippen LogP) is 5.32. The van der Waals surface area contributed by atoms with Gasteiger partial charge in [-0.3, -0.25) is 4.90 Å². The summed E-state index contributed by atoms with van der Waals surface area (Å²) in [5, 5.41) is 2.46. The van der Waals surface area contributed by atoms with E-state index in [0.717, 1.165) is 6.42 Å². The van der Waals surface area contributed by atoms with Gasteiger partial charge in [0.25, 0.3) is 8.32 Å². The molecule has 4 rings (SSSR count). The molecule has 5 nitrogen and oxygen atoms in total. The monoisotopic (exact) mass is 495 g/mol. The standard InChI is InChI=1S/C29H41NO4Si/c1-27(2,3)33-26(31)30-24(20-32-29(30,7)8)23-19-25(23)34-35(28(4,5)6,21-15-11-9-12-16-21)22-17-13-10-14-18-22/h9-18,23-25H,19-20H2,1-8H3/t23?,24-,25?/m0/s1. The van der Waals surface area contributed by atoms with Crippen LogP contribution in [0.2, 0.25) is 5.04 Å². The minimum Gasteiger partial charge on any atom is -0.444 e. The van der Waals surface area contributed by atoms with Crippen molar-refractivity contribution in [1.82, 2.24) is 4.90 Å². The van der Waals surface area contributed by atoms with Gasteiger partial charge >= 0.3 is 6.09 Å². The van der Waals surface area contributed by atoms with Gasteiger partial charge in [0.05, 0.1) is 18.8 Å².